The van der Waals surface area contributed by atoms with Crippen LogP contribution in [-0.4, -0.2) is 53.9 Å². The Kier molecular flexibility index (Phi) is 4.56. The maximum absolute atomic E-state index is 12.7. The molecule has 2 aromatic carbocycles. The second-order valence-corrected chi connectivity index (χ2v) is 7.78. The lowest BCUT2D eigenvalue weighted by atomic mass is 9.93. The Morgan fingerprint density at radius 1 is 0.966 bits per heavy atom. The van der Waals surface area contributed by atoms with Crippen LogP contribution in [0.2, 0.25) is 0 Å². The zero-order valence-electron chi connectivity index (χ0n) is 16.5. The summed E-state index contributed by atoms with van der Waals surface area (Å²) in [4.78, 5) is 17.4. The first kappa shape index (κ1) is 17.9. The Balaban J connectivity index is 1.36. The summed E-state index contributed by atoms with van der Waals surface area (Å²) >= 11 is 0. The van der Waals surface area contributed by atoms with Gasteiger partial charge >= 0.3 is 5.97 Å². The molecule has 0 aliphatic carbocycles. The Morgan fingerprint density at radius 2 is 1.76 bits per heavy atom. The number of carbonyl (C=O) groups is 1. The number of likely N-dealkylation sites (N-methyl/N-ethyl adjacent to an activating group) is 1. The molecule has 0 bridgehead atoms. The van der Waals surface area contributed by atoms with Gasteiger partial charge < -0.3 is 14.5 Å². The minimum Gasteiger partial charge on any atom is -0.426 e. The van der Waals surface area contributed by atoms with Gasteiger partial charge in [0.05, 0.1) is 11.4 Å². The molecule has 3 aromatic rings. The average Bonchev–Trinajstić information content (AvgIpc) is 3.24. The molecular weight excluding hydrogens is 364 g/mol. The van der Waals surface area contributed by atoms with Gasteiger partial charge in [0.25, 0.3) is 0 Å². The van der Waals surface area contributed by atoms with Crippen LogP contribution >= 0.6 is 0 Å². The van der Waals surface area contributed by atoms with E-state index in [4.69, 9.17) is 4.74 Å². The molecule has 5 rings (SSSR count). The average molecular weight is 388 g/mol. The van der Waals surface area contributed by atoms with Crippen molar-refractivity contribution >= 4 is 11.7 Å². The third-order valence-corrected chi connectivity index (χ3v) is 5.83. The second kappa shape index (κ2) is 7.37. The third kappa shape index (κ3) is 3.51. The number of carbonyl (C=O) groups excluding carboxylic acids is 1. The Morgan fingerprint density at radius 3 is 2.55 bits per heavy atom. The summed E-state index contributed by atoms with van der Waals surface area (Å²) in [6, 6.07) is 18.1. The lowest BCUT2D eigenvalue weighted by Gasteiger charge is -2.34. The first-order chi connectivity index (χ1) is 14.2. The Labute approximate surface area is 170 Å². The predicted octanol–water partition coefficient (Wildman–Crippen LogP) is 2.87. The fraction of sp³-hybridized carbons (Fsp3) is 0.304. The van der Waals surface area contributed by atoms with Gasteiger partial charge in [-0.3, -0.25) is 4.79 Å². The van der Waals surface area contributed by atoms with Crippen LogP contribution in [0.25, 0.3) is 5.69 Å². The van der Waals surface area contributed by atoms with Gasteiger partial charge in [-0.05, 0) is 43.3 Å². The maximum atomic E-state index is 12.7. The number of anilines is 1. The quantitative estimate of drug-likeness (QED) is 0.510. The van der Waals surface area contributed by atoms with Crippen LogP contribution in [-0.2, 0) is 11.2 Å². The highest BCUT2D eigenvalue weighted by atomic mass is 16.5. The van der Waals surface area contributed by atoms with Gasteiger partial charge in [-0.2, -0.15) is 5.10 Å². The molecule has 1 saturated heterocycles. The van der Waals surface area contributed by atoms with E-state index in [1.165, 1.54) is 0 Å². The van der Waals surface area contributed by atoms with Crippen LogP contribution in [0.4, 0.5) is 5.69 Å². The standard InChI is InChI=1S/C23H24N4O2/c1-25-11-13-26(14-12-25)19-8-7-17-15-20(23(28)29-22(17)16-19)21-9-10-27(24-21)18-5-3-2-4-6-18/h2-10,16,20H,11-15H2,1H3. The summed E-state index contributed by atoms with van der Waals surface area (Å²) in [7, 11) is 2.14. The number of esters is 1. The van der Waals surface area contributed by atoms with E-state index in [2.05, 4.69) is 34.1 Å². The fourth-order valence-corrected chi connectivity index (χ4v) is 4.02. The van der Waals surface area contributed by atoms with Crippen molar-refractivity contribution in [3.63, 3.8) is 0 Å². The zero-order valence-corrected chi connectivity index (χ0v) is 16.5. The minimum atomic E-state index is -0.373. The van der Waals surface area contributed by atoms with E-state index in [-0.39, 0.29) is 11.9 Å². The highest BCUT2D eigenvalue weighted by Crippen LogP contribution is 2.35. The molecule has 2 aliphatic heterocycles. The van der Waals surface area contributed by atoms with E-state index in [9.17, 15) is 4.79 Å². The summed E-state index contributed by atoms with van der Waals surface area (Å²) in [6.45, 7) is 4.07. The van der Waals surface area contributed by atoms with Crippen LogP contribution in [0.15, 0.2) is 60.8 Å². The monoisotopic (exact) mass is 388 g/mol. The summed E-state index contributed by atoms with van der Waals surface area (Å²) in [5.41, 5.74) is 3.89. The first-order valence-electron chi connectivity index (χ1n) is 10.1. The first-order valence-corrected chi connectivity index (χ1v) is 10.1. The van der Waals surface area contributed by atoms with Gasteiger partial charge in [-0.1, -0.05) is 24.3 Å². The third-order valence-electron chi connectivity index (χ3n) is 5.83. The van der Waals surface area contributed by atoms with Crippen molar-refractivity contribution in [2.75, 3.05) is 38.1 Å². The number of ether oxygens (including phenoxy) is 1. The molecule has 0 spiro atoms. The largest absolute Gasteiger partial charge is 0.426 e. The van der Waals surface area contributed by atoms with Crippen LogP contribution in [0.3, 0.4) is 0 Å². The van der Waals surface area contributed by atoms with E-state index >= 15 is 0 Å². The van der Waals surface area contributed by atoms with Crippen LogP contribution < -0.4 is 9.64 Å². The summed E-state index contributed by atoms with van der Waals surface area (Å²) in [5, 5.41) is 4.63. The SMILES string of the molecule is CN1CCN(c2ccc3c(c2)OC(=O)C(c2ccn(-c4ccccc4)n2)C3)CC1. The molecule has 1 fully saturated rings. The highest BCUT2D eigenvalue weighted by molar-refractivity contribution is 5.83. The summed E-state index contributed by atoms with van der Waals surface area (Å²) < 4.78 is 7.54. The molecule has 6 nitrogen and oxygen atoms in total. The molecule has 0 saturated carbocycles. The molecule has 3 heterocycles. The van der Waals surface area contributed by atoms with E-state index in [0.717, 1.165) is 48.8 Å². The highest BCUT2D eigenvalue weighted by Gasteiger charge is 2.32. The smallest absolute Gasteiger partial charge is 0.320 e. The Bertz CT molecular complexity index is 1020. The lowest BCUT2D eigenvalue weighted by molar-refractivity contribution is -0.137. The predicted molar refractivity (Wildman–Crippen MR) is 112 cm³/mol. The topological polar surface area (TPSA) is 50.6 Å². The molecule has 1 unspecified atom stereocenters. The number of aromatic nitrogens is 2. The number of hydrogen-bond acceptors (Lipinski definition) is 5. The molecule has 1 aromatic heterocycles. The van der Waals surface area contributed by atoms with Crippen molar-refractivity contribution in [1.29, 1.82) is 0 Å². The molecule has 29 heavy (non-hydrogen) atoms. The molecular formula is C23H24N4O2. The van der Waals surface area contributed by atoms with Gasteiger partial charge in [0, 0.05) is 44.1 Å². The number of rotatable bonds is 3. The van der Waals surface area contributed by atoms with Crippen molar-refractivity contribution in [3.05, 3.63) is 72.1 Å². The number of para-hydroxylation sites is 1. The van der Waals surface area contributed by atoms with E-state index in [1.807, 2.05) is 48.7 Å². The molecule has 1 atom stereocenters. The number of fused-ring (bicyclic) bond motifs is 1. The van der Waals surface area contributed by atoms with E-state index in [0.29, 0.717) is 12.2 Å². The molecule has 0 amide bonds. The van der Waals surface area contributed by atoms with Gasteiger partial charge in [0.15, 0.2) is 0 Å². The molecule has 0 N–H and O–H groups in total. The van der Waals surface area contributed by atoms with Crippen molar-refractivity contribution in [1.82, 2.24) is 14.7 Å². The number of hydrogen-bond donors (Lipinski definition) is 0. The molecule has 2 aliphatic rings. The van der Waals surface area contributed by atoms with Gasteiger partial charge in [0.2, 0.25) is 0 Å². The van der Waals surface area contributed by atoms with Crippen molar-refractivity contribution in [2.24, 2.45) is 0 Å². The van der Waals surface area contributed by atoms with Crippen molar-refractivity contribution in [2.45, 2.75) is 12.3 Å². The second-order valence-electron chi connectivity index (χ2n) is 7.78. The zero-order chi connectivity index (χ0) is 19.8. The van der Waals surface area contributed by atoms with Gasteiger partial charge in [-0.25, -0.2) is 4.68 Å². The number of piperazine rings is 1. The summed E-state index contributed by atoms with van der Waals surface area (Å²) in [6.07, 6.45) is 2.51. The fourth-order valence-electron chi connectivity index (χ4n) is 4.02. The normalized spacial score (nSPS) is 19.7. The van der Waals surface area contributed by atoms with E-state index < -0.39 is 0 Å². The van der Waals surface area contributed by atoms with E-state index in [1.54, 1.807) is 4.68 Å². The molecule has 6 heteroatoms. The lowest BCUT2D eigenvalue weighted by Crippen LogP contribution is -2.44. The van der Waals surface area contributed by atoms with Gasteiger partial charge in [0.1, 0.15) is 11.7 Å². The van der Waals surface area contributed by atoms with Crippen LogP contribution in [0.5, 0.6) is 5.75 Å². The minimum absolute atomic E-state index is 0.230. The van der Waals surface area contributed by atoms with Crippen molar-refractivity contribution < 1.29 is 9.53 Å². The number of benzene rings is 2. The van der Waals surface area contributed by atoms with Crippen LogP contribution in [0, 0.1) is 0 Å². The Hall–Kier alpha value is -3.12. The molecule has 148 valence electrons. The van der Waals surface area contributed by atoms with Gasteiger partial charge in [-0.15, -0.1) is 0 Å². The maximum Gasteiger partial charge on any atom is 0.320 e. The number of nitrogens with zero attached hydrogens (tertiary/aromatic N) is 4. The van der Waals surface area contributed by atoms with Crippen LogP contribution in [0.1, 0.15) is 17.2 Å². The van der Waals surface area contributed by atoms with Crippen molar-refractivity contribution in [3.8, 4) is 11.4 Å². The molecule has 0 radical (unpaired) electrons. The summed E-state index contributed by atoms with van der Waals surface area (Å²) in [5.74, 6) is 0.0819.